The third-order valence-corrected chi connectivity index (χ3v) is 3.42. The van der Waals surface area contributed by atoms with Gasteiger partial charge in [0.25, 0.3) is 0 Å². The molecule has 2 aromatic rings. The first-order chi connectivity index (χ1) is 8.38. The molecule has 3 N–H and O–H groups in total. The Kier molecular flexibility index (Phi) is 2.68. The number of pyridine rings is 1. The van der Waals surface area contributed by atoms with Gasteiger partial charge in [0.15, 0.2) is 5.65 Å². The highest BCUT2D eigenvalue weighted by molar-refractivity contribution is 5.73. The van der Waals surface area contributed by atoms with Crippen molar-refractivity contribution in [2.75, 3.05) is 18.0 Å². The van der Waals surface area contributed by atoms with Gasteiger partial charge in [-0.1, -0.05) is 0 Å². The highest BCUT2D eigenvalue weighted by Crippen LogP contribution is 2.23. The first kappa shape index (κ1) is 10.5. The number of H-pyrrole nitrogens is 1. The number of piperidine rings is 1. The Balaban J connectivity index is 1.96. The number of anilines is 1. The molecule has 1 fully saturated rings. The van der Waals surface area contributed by atoms with Crippen LogP contribution in [-0.4, -0.2) is 34.1 Å². The third-order valence-electron chi connectivity index (χ3n) is 3.42. The predicted molar refractivity (Wildman–Crippen MR) is 67.9 cm³/mol. The molecule has 0 amide bonds. The molecule has 0 spiro atoms. The molecular weight excluding hydrogens is 214 g/mol. The second-order valence-electron chi connectivity index (χ2n) is 4.51. The van der Waals surface area contributed by atoms with Crippen molar-refractivity contribution >= 4 is 17.1 Å². The van der Waals surface area contributed by atoms with Crippen LogP contribution in [0, 0.1) is 0 Å². The van der Waals surface area contributed by atoms with Crippen molar-refractivity contribution in [1.82, 2.24) is 15.0 Å². The van der Waals surface area contributed by atoms with Gasteiger partial charge < -0.3 is 15.6 Å². The van der Waals surface area contributed by atoms with Gasteiger partial charge in [-0.25, -0.2) is 4.98 Å². The van der Waals surface area contributed by atoms with Crippen LogP contribution in [0.15, 0.2) is 18.3 Å². The number of hydrogen-bond donors (Lipinski definition) is 2. The van der Waals surface area contributed by atoms with E-state index in [1.807, 2.05) is 12.1 Å². The van der Waals surface area contributed by atoms with E-state index < -0.39 is 0 Å². The Labute approximate surface area is 100 Å². The highest BCUT2D eigenvalue weighted by atomic mass is 15.3. The summed E-state index contributed by atoms with van der Waals surface area (Å²) in [6.45, 7) is 1.71. The number of fused-ring (bicyclic) bond motifs is 1. The summed E-state index contributed by atoms with van der Waals surface area (Å²) < 4.78 is 0. The van der Waals surface area contributed by atoms with Crippen LogP contribution in [0.3, 0.4) is 0 Å². The van der Waals surface area contributed by atoms with Crippen LogP contribution in [0.25, 0.3) is 11.2 Å². The topological polar surface area (TPSA) is 70.8 Å². The number of nitrogens with zero attached hydrogens (tertiary/aromatic N) is 3. The summed E-state index contributed by atoms with van der Waals surface area (Å²) >= 11 is 0. The summed E-state index contributed by atoms with van der Waals surface area (Å²) in [7, 11) is 0. The smallest absolute Gasteiger partial charge is 0.205 e. The van der Waals surface area contributed by atoms with Gasteiger partial charge in [0.1, 0.15) is 0 Å². The minimum atomic E-state index is 0.407. The fraction of sp³-hybridized carbons (Fsp3) is 0.500. The first-order valence-electron chi connectivity index (χ1n) is 6.16. The van der Waals surface area contributed by atoms with Crippen LogP contribution in [0.4, 0.5) is 5.95 Å². The number of hydrogen-bond acceptors (Lipinski definition) is 4. The second kappa shape index (κ2) is 4.33. The quantitative estimate of drug-likeness (QED) is 0.816. The Morgan fingerprint density at radius 3 is 3.24 bits per heavy atom. The van der Waals surface area contributed by atoms with E-state index in [1.54, 1.807) is 6.20 Å². The summed E-state index contributed by atoms with van der Waals surface area (Å²) in [5.74, 6) is 0.911. The molecule has 90 valence electrons. The summed E-state index contributed by atoms with van der Waals surface area (Å²) in [5.41, 5.74) is 7.60. The van der Waals surface area contributed by atoms with E-state index in [0.717, 1.165) is 30.1 Å². The lowest BCUT2D eigenvalue weighted by molar-refractivity contribution is 0.459. The van der Waals surface area contributed by atoms with E-state index in [0.29, 0.717) is 12.6 Å². The molecular formula is C12H17N5. The molecule has 1 atom stereocenters. The zero-order chi connectivity index (χ0) is 11.7. The van der Waals surface area contributed by atoms with Crippen molar-refractivity contribution in [3.05, 3.63) is 18.3 Å². The van der Waals surface area contributed by atoms with Gasteiger partial charge in [-0.05, 0) is 31.4 Å². The van der Waals surface area contributed by atoms with Crippen molar-refractivity contribution in [2.24, 2.45) is 5.73 Å². The van der Waals surface area contributed by atoms with E-state index in [1.165, 1.54) is 12.8 Å². The van der Waals surface area contributed by atoms with Gasteiger partial charge in [0.05, 0.1) is 5.52 Å². The van der Waals surface area contributed by atoms with Gasteiger partial charge in [-0.2, -0.15) is 4.98 Å². The van der Waals surface area contributed by atoms with Crippen LogP contribution in [0.1, 0.15) is 19.3 Å². The number of rotatable bonds is 2. The van der Waals surface area contributed by atoms with Gasteiger partial charge in [-0.15, -0.1) is 0 Å². The second-order valence-corrected chi connectivity index (χ2v) is 4.51. The van der Waals surface area contributed by atoms with Gasteiger partial charge in [0.2, 0.25) is 5.95 Å². The van der Waals surface area contributed by atoms with Crippen molar-refractivity contribution in [1.29, 1.82) is 0 Å². The van der Waals surface area contributed by atoms with E-state index in [2.05, 4.69) is 19.9 Å². The monoisotopic (exact) mass is 231 g/mol. The van der Waals surface area contributed by atoms with Crippen molar-refractivity contribution < 1.29 is 0 Å². The average molecular weight is 231 g/mol. The molecule has 1 aliphatic heterocycles. The summed E-state index contributed by atoms with van der Waals surface area (Å²) in [4.78, 5) is 14.4. The SMILES string of the molecule is NCC1CCCCN1c1nc2ncccc2[nH]1. The minimum Gasteiger partial charge on any atom is -0.338 e. The lowest BCUT2D eigenvalue weighted by Gasteiger charge is -2.34. The molecule has 0 aromatic carbocycles. The van der Waals surface area contributed by atoms with Crippen LogP contribution < -0.4 is 10.6 Å². The largest absolute Gasteiger partial charge is 0.338 e. The Bertz CT molecular complexity index is 473. The highest BCUT2D eigenvalue weighted by Gasteiger charge is 2.23. The van der Waals surface area contributed by atoms with Crippen molar-refractivity contribution in [3.8, 4) is 0 Å². The first-order valence-corrected chi connectivity index (χ1v) is 6.16. The van der Waals surface area contributed by atoms with Crippen LogP contribution in [-0.2, 0) is 0 Å². The molecule has 1 aliphatic rings. The molecule has 2 aromatic heterocycles. The van der Waals surface area contributed by atoms with E-state index in [4.69, 9.17) is 5.73 Å². The van der Waals surface area contributed by atoms with E-state index in [-0.39, 0.29) is 0 Å². The molecule has 3 rings (SSSR count). The maximum Gasteiger partial charge on any atom is 0.205 e. The van der Waals surface area contributed by atoms with E-state index in [9.17, 15) is 0 Å². The maximum absolute atomic E-state index is 5.83. The summed E-state index contributed by atoms with van der Waals surface area (Å²) in [6.07, 6.45) is 5.39. The molecule has 5 nitrogen and oxygen atoms in total. The molecule has 17 heavy (non-hydrogen) atoms. The molecule has 0 aliphatic carbocycles. The van der Waals surface area contributed by atoms with Crippen LogP contribution >= 0.6 is 0 Å². The molecule has 1 saturated heterocycles. The molecule has 5 heteroatoms. The normalized spacial score (nSPS) is 21.0. The summed E-state index contributed by atoms with van der Waals surface area (Å²) in [6, 6.07) is 4.32. The van der Waals surface area contributed by atoms with Crippen LogP contribution in [0.2, 0.25) is 0 Å². The number of nitrogens with two attached hydrogens (primary N) is 1. The van der Waals surface area contributed by atoms with Gasteiger partial charge in [-0.3, -0.25) is 0 Å². The van der Waals surface area contributed by atoms with Crippen LogP contribution in [0.5, 0.6) is 0 Å². The Morgan fingerprint density at radius 2 is 2.41 bits per heavy atom. The number of imidazole rings is 1. The molecule has 3 heterocycles. The van der Waals surface area contributed by atoms with Crippen molar-refractivity contribution in [2.45, 2.75) is 25.3 Å². The number of aromatic amines is 1. The molecule has 0 radical (unpaired) electrons. The fourth-order valence-corrected chi connectivity index (χ4v) is 2.49. The predicted octanol–water partition coefficient (Wildman–Crippen LogP) is 1.28. The molecule has 1 unspecified atom stereocenters. The number of aromatic nitrogens is 3. The minimum absolute atomic E-state index is 0.407. The molecule has 0 bridgehead atoms. The zero-order valence-electron chi connectivity index (χ0n) is 9.76. The standard InChI is InChI=1S/C12H17N5/c13-8-9-4-1-2-7-17(9)12-15-10-5-3-6-14-11(10)16-12/h3,5-6,9H,1-2,4,7-8,13H2,(H,14,15,16). The lowest BCUT2D eigenvalue weighted by Crippen LogP contribution is -2.44. The van der Waals surface area contributed by atoms with Crippen molar-refractivity contribution in [3.63, 3.8) is 0 Å². The lowest BCUT2D eigenvalue weighted by atomic mass is 10.0. The Morgan fingerprint density at radius 1 is 1.47 bits per heavy atom. The maximum atomic E-state index is 5.83. The molecule has 0 saturated carbocycles. The third kappa shape index (κ3) is 1.86. The fourth-order valence-electron chi connectivity index (χ4n) is 2.49. The number of nitrogens with one attached hydrogen (secondary N) is 1. The Hall–Kier alpha value is -1.62. The van der Waals surface area contributed by atoms with E-state index >= 15 is 0 Å². The average Bonchev–Trinajstić information content (AvgIpc) is 2.82. The van der Waals surface area contributed by atoms with Gasteiger partial charge in [0, 0.05) is 25.3 Å². The summed E-state index contributed by atoms with van der Waals surface area (Å²) in [5, 5.41) is 0. The van der Waals surface area contributed by atoms with Gasteiger partial charge >= 0.3 is 0 Å². The zero-order valence-corrected chi connectivity index (χ0v) is 9.76.